The molecule has 1 heterocycles. The molecule has 0 aliphatic rings. The normalized spacial score (nSPS) is 10.8. The first-order valence-corrected chi connectivity index (χ1v) is 6.53. The maximum Gasteiger partial charge on any atom is 0.341 e. The average Bonchev–Trinajstić information content (AvgIpc) is 2.41. The van der Waals surface area contributed by atoms with Crippen LogP contribution in [0.25, 0.3) is 10.9 Å². The number of pyridine rings is 1. The number of nitrogens with zero attached hydrogens (tertiary/aromatic N) is 1. The zero-order valence-corrected chi connectivity index (χ0v) is 12.2. The van der Waals surface area contributed by atoms with Crippen LogP contribution >= 0.6 is 15.9 Å². The van der Waals surface area contributed by atoms with Gasteiger partial charge in [-0.25, -0.2) is 4.79 Å². The summed E-state index contributed by atoms with van der Waals surface area (Å²) in [5, 5.41) is 18.4. The third-order valence-corrected chi connectivity index (χ3v) is 3.54. The molecule has 20 heavy (non-hydrogen) atoms. The zero-order chi connectivity index (χ0) is 14.9. The number of benzene rings is 1. The first-order valence-electron chi connectivity index (χ1n) is 5.74. The number of halogens is 1. The van der Waals surface area contributed by atoms with E-state index in [2.05, 4.69) is 15.9 Å². The number of hydrogen-bond donors (Lipinski definition) is 2. The van der Waals surface area contributed by atoms with Gasteiger partial charge in [0.05, 0.1) is 23.7 Å². The number of aliphatic hydroxyl groups is 1. The molecule has 2 aromatic rings. The van der Waals surface area contributed by atoms with Crippen molar-refractivity contribution in [1.29, 1.82) is 0 Å². The zero-order valence-electron chi connectivity index (χ0n) is 10.6. The Kier molecular flexibility index (Phi) is 4.10. The number of fused-ring (bicyclic) bond motifs is 1. The fourth-order valence-electron chi connectivity index (χ4n) is 1.99. The molecule has 106 valence electrons. The minimum Gasteiger partial charge on any atom is -0.495 e. The molecule has 0 atom stereocenters. The van der Waals surface area contributed by atoms with Crippen molar-refractivity contribution in [1.82, 2.24) is 4.57 Å². The van der Waals surface area contributed by atoms with E-state index in [1.54, 1.807) is 6.07 Å². The number of methoxy groups -OCH3 is 1. The molecule has 0 unspecified atom stereocenters. The lowest BCUT2D eigenvalue weighted by atomic mass is 10.1. The van der Waals surface area contributed by atoms with Gasteiger partial charge in [0, 0.05) is 24.2 Å². The first-order chi connectivity index (χ1) is 9.49. The van der Waals surface area contributed by atoms with Crippen LogP contribution in [-0.4, -0.2) is 34.5 Å². The van der Waals surface area contributed by atoms with Crippen molar-refractivity contribution >= 4 is 32.8 Å². The van der Waals surface area contributed by atoms with Crippen molar-refractivity contribution in [3.63, 3.8) is 0 Å². The summed E-state index contributed by atoms with van der Waals surface area (Å²) in [6.45, 7) is 0.0112. The van der Waals surface area contributed by atoms with Crippen molar-refractivity contribution < 1.29 is 19.7 Å². The number of carbonyl (C=O) groups is 1. The van der Waals surface area contributed by atoms with Crippen LogP contribution in [0, 0.1) is 0 Å². The standard InChI is InChI=1S/C13H12BrNO5/c1-20-11-5-10-7(4-9(11)14)12(17)8(13(18)19)6-15(10)2-3-16/h4-6,16H,2-3H2,1H3,(H,18,19). The second kappa shape index (κ2) is 5.64. The molecule has 0 aliphatic heterocycles. The van der Waals surface area contributed by atoms with E-state index in [0.29, 0.717) is 15.7 Å². The molecule has 6 nitrogen and oxygen atoms in total. The first kappa shape index (κ1) is 14.5. The minimum atomic E-state index is -1.30. The van der Waals surface area contributed by atoms with Gasteiger partial charge in [-0.05, 0) is 22.0 Å². The maximum absolute atomic E-state index is 12.2. The van der Waals surface area contributed by atoms with E-state index in [0.717, 1.165) is 0 Å². The van der Waals surface area contributed by atoms with Crippen molar-refractivity contribution in [3.05, 3.63) is 38.6 Å². The highest BCUT2D eigenvalue weighted by Crippen LogP contribution is 2.29. The van der Waals surface area contributed by atoms with Gasteiger partial charge >= 0.3 is 5.97 Å². The van der Waals surface area contributed by atoms with Crippen LogP contribution in [0.1, 0.15) is 10.4 Å². The summed E-state index contributed by atoms with van der Waals surface area (Å²) in [6, 6.07) is 3.15. The molecule has 1 aromatic carbocycles. The number of rotatable bonds is 4. The Morgan fingerprint density at radius 2 is 2.15 bits per heavy atom. The monoisotopic (exact) mass is 341 g/mol. The number of carboxylic acids is 1. The third-order valence-electron chi connectivity index (χ3n) is 2.93. The predicted octanol–water partition coefficient (Wildman–Crippen LogP) is 1.46. The van der Waals surface area contributed by atoms with E-state index in [1.165, 1.54) is 23.9 Å². The summed E-state index contributed by atoms with van der Waals surface area (Å²) < 4.78 is 7.24. The molecule has 7 heteroatoms. The Balaban J connectivity index is 2.90. The fourth-order valence-corrected chi connectivity index (χ4v) is 2.50. The van der Waals surface area contributed by atoms with Gasteiger partial charge in [0.1, 0.15) is 11.3 Å². The van der Waals surface area contributed by atoms with Crippen molar-refractivity contribution in [2.24, 2.45) is 0 Å². The largest absolute Gasteiger partial charge is 0.495 e. The fraction of sp³-hybridized carbons (Fsp3) is 0.231. The molecule has 0 aliphatic carbocycles. The van der Waals surface area contributed by atoms with E-state index < -0.39 is 11.4 Å². The van der Waals surface area contributed by atoms with Crippen molar-refractivity contribution in [2.45, 2.75) is 6.54 Å². The molecule has 0 amide bonds. The summed E-state index contributed by atoms with van der Waals surface area (Å²) in [5.41, 5.74) is -0.387. The third kappa shape index (κ3) is 2.41. The van der Waals surface area contributed by atoms with Gasteiger partial charge in [0.25, 0.3) is 0 Å². The van der Waals surface area contributed by atoms with Gasteiger partial charge in [-0.15, -0.1) is 0 Å². The van der Waals surface area contributed by atoms with Crippen LogP contribution in [0.4, 0.5) is 0 Å². The smallest absolute Gasteiger partial charge is 0.341 e. The van der Waals surface area contributed by atoms with E-state index in [9.17, 15) is 9.59 Å². The van der Waals surface area contributed by atoms with Gasteiger partial charge in [-0.1, -0.05) is 0 Å². The Labute approximate surface area is 122 Å². The highest BCUT2D eigenvalue weighted by molar-refractivity contribution is 9.10. The number of aromatic nitrogens is 1. The second-order valence-corrected chi connectivity index (χ2v) is 4.95. The molecular weight excluding hydrogens is 330 g/mol. The topological polar surface area (TPSA) is 88.8 Å². The lowest BCUT2D eigenvalue weighted by Crippen LogP contribution is -2.19. The van der Waals surface area contributed by atoms with Crippen molar-refractivity contribution in [2.75, 3.05) is 13.7 Å². The Morgan fingerprint density at radius 1 is 1.45 bits per heavy atom. The summed E-state index contributed by atoms with van der Waals surface area (Å²) in [7, 11) is 1.49. The van der Waals surface area contributed by atoms with Crippen LogP contribution in [0.3, 0.4) is 0 Å². The lowest BCUT2D eigenvalue weighted by Gasteiger charge is -2.13. The number of aromatic carboxylic acids is 1. The Morgan fingerprint density at radius 3 is 2.70 bits per heavy atom. The van der Waals surface area contributed by atoms with Gasteiger partial charge in [-0.3, -0.25) is 4.79 Å². The van der Waals surface area contributed by atoms with Gasteiger partial charge in [-0.2, -0.15) is 0 Å². The molecule has 0 fully saturated rings. The van der Waals surface area contributed by atoms with Crippen LogP contribution < -0.4 is 10.2 Å². The highest BCUT2D eigenvalue weighted by Gasteiger charge is 2.16. The SMILES string of the molecule is COc1cc2c(cc1Br)c(=O)c(C(=O)O)cn2CCO. The van der Waals surface area contributed by atoms with Gasteiger partial charge in [0.15, 0.2) is 0 Å². The molecule has 0 saturated carbocycles. The van der Waals surface area contributed by atoms with E-state index in [1.807, 2.05) is 0 Å². The molecule has 2 N–H and O–H groups in total. The summed E-state index contributed by atoms with van der Waals surface area (Å²) in [4.78, 5) is 23.3. The van der Waals surface area contributed by atoms with Gasteiger partial charge < -0.3 is 19.5 Å². The molecule has 1 aromatic heterocycles. The Hall–Kier alpha value is -1.86. The number of aliphatic hydroxyl groups excluding tert-OH is 1. The van der Waals surface area contributed by atoms with Crippen molar-refractivity contribution in [3.8, 4) is 5.75 Å². The quantitative estimate of drug-likeness (QED) is 0.878. The van der Waals surface area contributed by atoms with E-state index >= 15 is 0 Å². The molecular formula is C13H12BrNO5. The second-order valence-electron chi connectivity index (χ2n) is 4.10. The summed E-state index contributed by atoms with van der Waals surface area (Å²) >= 11 is 3.27. The average molecular weight is 342 g/mol. The molecule has 0 saturated heterocycles. The minimum absolute atomic E-state index is 0.171. The molecule has 0 spiro atoms. The van der Waals surface area contributed by atoms with Crippen LogP contribution in [0.5, 0.6) is 5.75 Å². The van der Waals surface area contributed by atoms with Crippen LogP contribution in [0.2, 0.25) is 0 Å². The molecule has 0 bridgehead atoms. The van der Waals surface area contributed by atoms with E-state index in [4.69, 9.17) is 14.9 Å². The summed E-state index contributed by atoms with van der Waals surface area (Å²) in [5.74, 6) is -0.776. The Bertz CT molecular complexity index is 738. The summed E-state index contributed by atoms with van der Waals surface area (Å²) in [6.07, 6.45) is 1.23. The number of carboxylic acid groups (broad SMARTS) is 1. The predicted molar refractivity (Wildman–Crippen MR) is 76.5 cm³/mol. The lowest BCUT2D eigenvalue weighted by molar-refractivity contribution is 0.0694. The van der Waals surface area contributed by atoms with E-state index in [-0.39, 0.29) is 24.1 Å². The maximum atomic E-state index is 12.2. The molecule has 0 radical (unpaired) electrons. The van der Waals surface area contributed by atoms with Gasteiger partial charge in [0.2, 0.25) is 5.43 Å². The van der Waals surface area contributed by atoms with Crippen LogP contribution in [-0.2, 0) is 6.54 Å². The van der Waals surface area contributed by atoms with Crippen LogP contribution in [0.15, 0.2) is 27.6 Å². The number of ether oxygens (including phenoxy) is 1. The molecule has 2 rings (SSSR count). The number of hydrogen-bond acceptors (Lipinski definition) is 4. The highest BCUT2D eigenvalue weighted by atomic mass is 79.9.